The molecule has 0 atom stereocenters. The summed E-state index contributed by atoms with van der Waals surface area (Å²) in [5, 5.41) is 14.0. The zero-order valence-electron chi connectivity index (χ0n) is 8.58. The number of carbonyl (C=O) groups excluding carboxylic acids is 1. The number of rotatable bonds is 1. The highest BCUT2D eigenvalue weighted by Crippen LogP contribution is 2.41. The fraction of sp³-hybridized carbons (Fsp3) is 0.800. The van der Waals surface area contributed by atoms with E-state index in [4.69, 9.17) is 5.11 Å². The summed E-state index contributed by atoms with van der Waals surface area (Å²) in [5.41, 5.74) is 0.119. The Labute approximate surface area is 88.2 Å². The van der Waals surface area contributed by atoms with Crippen LogP contribution < -0.4 is 10.6 Å². The summed E-state index contributed by atoms with van der Waals surface area (Å²) in [7, 11) is 0. The van der Waals surface area contributed by atoms with Crippen molar-refractivity contribution in [2.45, 2.75) is 38.1 Å². The topological polar surface area (TPSA) is 78.4 Å². The van der Waals surface area contributed by atoms with E-state index in [9.17, 15) is 9.59 Å². The third-order valence-electron chi connectivity index (χ3n) is 3.57. The molecule has 0 aromatic heterocycles. The SMILES string of the molecule is O=C(O)NC1CCC2(CC1)CNC(=O)C2. The zero-order chi connectivity index (χ0) is 10.9. The summed E-state index contributed by atoms with van der Waals surface area (Å²) in [6.45, 7) is 0.769. The van der Waals surface area contributed by atoms with Crippen molar-refractivity contribution in [3.63, 3.8) is 0 Å². The van der Waals surface area contributed by atoms with Crippen molar-refractivity contribution < 1.29 is 14.7 Å². The summed E-state index contributed by atoms with van der Waals surface area (Å²) in [5.74, 6) is 0.139. The van der Waals surface area contributed by atoms with E-state index in [1.807, 2.05) is 0 Å². The Kier molecular flexibility index (Phi) is 2.54. The number of hydrogen-bond donors (Lipinski definition) is 3. The molecule has 5 nitrogen and oxygen atoms in total. The molecule has 0 radical (unpaired) electrons. The maximum absolute atomic E-state index is 11.2. The van der Waals surface area contributed by atoms with Gasteiger partial charge in [0.2, 0.25) is 5.91 Å². The second kappa shape index (κ2) is 3.72. The lowest BCUT2D eigenvalue weighted by Crippen LogP contribution is -2.40. The van der Waals surface area contributed by atoms with Crippen LogP contribution in [0.3, 0.4) is 0 Å². The smallest absolute Gasteiger partial charge is 0.404 e. The molecule has 15 heavy (non-hydrogen) atoms. The van der Waals surface area contributed by atoms with Gasteiger partial charge in [-0.25, -0.2) is 4.79 Å². The van der Waals surface area contributed by atoms with Gasteiger partial charge in [0, 0.05) is 19.0 Å². The summed E-state index contributed by atoms with van der Waals surface area (Å²) < 4.78 is 0. The molecule has 3 N–H and O–H groups in total. The van der Waals surface area contributed by atoms with Crippen molar-refractivity contribution in [2.24, 2.45) is 5.41 Å². The molecule has 0 aromatic rings. The first-order chi connectivity index (χ1) is 7.10. The van der Waals surface area contributed by atoms with E-state index < -0.39 is 6.09 Å². The van der Waals surface area contributed by atoms with Gasteiger partial charge < -0.3 is 15.7 Å². The van der Waals surface area contributed by atoms with Crippen LogP contribution in [0.1, 0.15) is 32.1 Å². The Hall–Kier alpha value is -1.26. The number of nitrogens with one attached hydrogen (secondary N) is 2. The standard InChI is InChI=1S/C10H16N2O3/c13-8-5-10(6-11-8)3-1-7(2-4-10)12-9(14)15/h7,12H,1-6H2,(H,11,13)(H,14,15). The van der Waals surface area contributed by atoms with Crippen LogP contribution in [0.25, 0.3) is 0 Å². The number of amides is 2. The highest BCUT2D eigenvalue weighted by Gasteiger charge is 2.41. The summed E-state index contributed by atoms with van der Waals surface area (Å²) >= 11 is 0. The molecule has 1 saturated carbocycles. The van der Waals surface area contributed by atoms with E-state index >= 15 is 0 Å². The zero-order valence-corrected chi connectivity index (χ0v) is 8.58. The second-order valence-corrected chi connectivity index (χ2v) is 4.68. The van der Waals surface area contributed by atoms with Gasteiger partial charge in [-0.2, -0.15) is 0 Å². The van der Waals surface area contributed by atoms with E-state index in [1.54, 1.807) is 0 Å². The van der Waals surface area contributed by atoms with Gasteiger partial charge in [0.1, 0.15) is 0 Å². The van der Waals surface area contributed by atoms with Crippen LogP contribution in [-0.4, -0.2) is 29.7 Å². The van der Waals surface area contributed by atoms with Crippen LogP contribution in [0.5, 0.6) is 0 Å². The molecule has 2 rings (SSSR count). The first-order valence-electron chi connectivity index (χ1n) is 5.36. The quantitative estimate of drug-likeness (QED) is 0.598. The average Bonchev–Trinajstić information content (AvgIpc) is 2.52. The van der Waals surface area contributed by atoms with Crippen LogP contribution in [0.2, 0.25) is 0 Å². The number of hydrogen-bond acceptors (Lipinski definition) is 2. The molecular formula is C10H16N2O3. The Morgan fingerprint density at radius 2 is 2.13 bits per heavy atom. The van der Waals surface area contributed by atoms with Crippen LogP contribution in [0, 0.1) is 5.41 Å². The molecule has 84 valence electrons. The van der Waals surface area contributed by atoms with Gasteiger partial charge in [-0.05, 0) is 31.1 Å². The maximum Gasteiger partial charge on any atom is 0.404 e. The van der Waals surface area contributed by atoms with E-state index in [1.165, 1.54) is 0 Å². The molecule has 0 bridgehead atoms. The van der Waals surface area contributed by atoms with Gasteiger partial charge in [0.25, 0.3) is 0 Å². The Morgan fingerprint density at radius 1 is 1.47 bits per heavy atom. The summed E-state index contributed by atoms with van der Waals surface area (Å²) in [6.07, 6.45) is 3.25. The highest BCUT2D eigenvalue weighted by molar-refractivity contribution is 5.79. The highest BCUT2D eigenvalue weighted by atomic mass is 16.4. The molecule has 1 aliphatic carbocycles. The van der Waals surface area contributed by atoms with Gasteiger partial charge >= 0.3 is 6.09 Å². The minimum atomic E-state index is -0.948. The molecule has 5 heteroatoms. The van der Waals surface area contributed by atoms with Gasteiger partial charge in [-0.3, -0.25) is 4.79 Å². The fourth-order valence-electron chi connectivity index (χ4n) is 2.65. The lowest BCUT2D eigenvalue weighted by Gasteiger charge is -2.35. The first kappa shape index (κ1) is 10.3. The molecule has 0 unspecified atom stereocenters. The lowest BCUT2D eigenvalue weighted by atomic mass is 9.72. The Bertz CT molecular complexity index is 282. The van der Waals surface area contributed by atoms with E-state index in [0.29, 0.717) is 6.42 Å². The molecule has 2 amide bonds. The van der Waals surface area contributed by atoms with Gasteiger partial charge in [-0.15, -0.1) is 0 Å². The Morgan fingerprint density at radius 3 is 2.60 bits per heavy atom. The molecule has 1 spiro atoms. The maximum atomic E-state index is 11.2. The molecule has 1 saturated heterocycles. The predicted molar refractivity (Wildman–Crippen MR) is 53.5 cm³/mol. The van der Waals surface area contributed by atoms with E-state index in [0.717, 1.165) is 32.2 Å². The summed E-state index contributed by atoms with van der Waals surface area (Å²) in [6, 6.07) is 0.0730. The monoisotopic (exact) mass is 212 g/mol. The largest absolute Gasteiger partial charge is 0.465 e. The molecule has 1 heterocycles. The van der Waals surface area contributed by atoms with Crippen LogP contribution in [0.4, 0.5) is 4.79 Å². The predicted octanol–water partition coefficient (Wildman–Crippen LogP) is 0.703. The fourth-order valence-corrected chi connectivity index (χ4v) is 2.65. The third kappa shape index (κ3) is 2.22. The normalized spacial score (nSPS) is 35.2. The number of carbonyl (C=O) groups is 2. The molecule has 2 fully saturated rings. The minimum Gasteiger partial charge on any atom is -0.465 e. The Balaban J connectivity index is 1.86. The van der Waals surface area contributed by atoms with Crippen molar-refractivity contribution in [3.8, 4) is 0 Å². The molecule has 1 aliphatic heterocycles. The van der Waals surface area contributed by atoms with Crippen molar-refractivity contribution in [3.05, 3.63) is 0 Å². The lowest BCUT2D eigenvalue weighted by molar-refractivity contribution is -0.119. The van der Waals surface area contributed by atoms with Gasteiger partial charge in [0.05, 0.1) is 0 Å². The second-order valence-electron chi connectivity index (χ2n) is 4.68. The van der Waals surface area contributed by atoms with Crippen molar-refractivity contribution in [1.82, 2.24) is 10.6 Å². The third-order valence-corrected chi connectivity index (χ3v) is 3.57. The number of carboxylic acid groups (broad SMARTS) is 1. The van der Waals surface area contributed by atoms with Crippen LogP contribution in [-0.2, 0) is 4.79 Å². The average molecular weight is 212 g/mol. The van der Waals surface area contributed by atoms with E-state index in [-0.39, 0.29) is 17.4 Å². The molecule has 2 aliphatic rings. The van der Waals surface area contributed by atoms with Crippen LogP contribution >= 0.6 is 0 Å². The van der Waals surface area contributed by atoms with E-state index in [2.05, 4.69) is 10.6 Å². The van der Waals surface area contributed by atoms with Crippen LogP contribution in [0.15, 0.2) is 0 Å². The molecule has 0 aromatic carbocycles. The van der Waals surface area contributed by atoms with Gasteiger partial charge in [0.15, 0.2) is 0 Å². The van der Waals surface area contributed by atoms with Crippen molar-refractivity contribution >= 4 is 12.0 Å². The minimum absolute atomic E-state index is 0.0730. The van der Waals surface area contributed by atoms with Gasteiger partial charge in [-0.1, -0.05) is 0 Å². The van der Waals surface area contributed by atoms with Crippen molar-refractivity contribution in [1.29, 1.82) is 0 Å². The molecular weight excluding hydrogens is 196 g/mol. The summed E-state index contributed by atoms with van der Waals surface area (Å²) in [4.78, 5) is 21.6. The first-order valence-corrected chi connectivity index (χ1v) is 5.36. The van der Waals surface area contributed by atoms with Crippen molar-refractivity contribution in [2.75, 3.05) is 6.54 Å².